The van der Waals surface area contributed by atoms with Gasteiger partial charge in [0.25, 0.3) is 0 Å². The molecule has 2 N–H and O–H groups in total. The van der Waals surface area contributed by atoms with Crippen molar-refractivity contribution in [3.05, 3.63) is 24.3 Å². The lowest BCUT2D eigenvalue weighted by Gasteiger charge is -2.42. The third-order valence-corrected chi connectivity index (χ3v) is 7.71. The molecule has 1 amide bonds. The molecule has 150 valence electrons. The highest BCUT2D eigenvalue weighted by Crippen LogP contribution is 2.33. The smallest absolute Gasteiger partial charge is 0.243 e. The summed E-state index contributed by atoms with van der Waals surface area (Å²) in [6, 6.07) is 6.37. The van der Waals surface area contributed by atoms with Gasteiger partial charge >= 0.3 is 0 Å². The highest BCUT2D eigenvalue weighted by Gasteiger charge is 2.41. The number of benzene rings is 1. The molecule has 3 rings (SSSR count). The third kappa shape index (κ3) is 4.12. The molecule has 27 heavy (non-hydrogen) atoms. The van der Waals surface area contributed by atoms with Crippen molar-refractivity contribution in [1.82, 2.24) is 9.21 Å². The number of amides is 1. The lowest BCUT2D eigenvalue weighted by molar-refractivity contribution is -0.140. The summed E-state index contributed by atoms with van der Waals surface area (Å²) < 4.78 is 32.2. The van der Waals surface area contributed by atoms with E-state index in [0.29, 0.717) is 31.9 Å². The first kappa shape index (κ1) is 20.1. The van der Waals surface area contributed by atoms with Crippen LogP contribution in [0.1, 0.15) is 32.6 Å². The van der Waals surface area contributed by atoms with Crippen molar-refractivity contribution < 1.29 is 17.9 Å². The van der Waals surface area contributed by atoms with Crippen LogP contribution in [-0.4, -0.2) is 62.4 Å². The number of hydrogen-bond donors (Lipinski definition) is 1. The molecule has 0 radical (unpaired) electrons. The molecule has 2 atom stereocenters. The van der Waals surface area contributed by atoms with Gasteiger partial charge in [0.2, 0.25) is 15.9 Å². The maximum atomic E-state index is 12.9. The van der Waals surface area contributed by atoms with Crippen molar-refractivity contribution in [2.75, 3.05) is 33.3 Å². The largest absolute Gasteiger partial charge is 0.497 e. The van der Waals surface area contributed by atoms with E-state index >= 15 is 0 Å². The number of methoxy groups -OCH3 is 1. The van der Waals surface area contributed by atoms with Gasteiger partial charge in [0.15, 0.2) is 0 Å². The molecule has 2 aliphatic rings. The lowest BCUT2D eigenvalue weighted by atomic mass is 9.74. The molecule has 0 spiro atoms. The minimum Gasteiger partial charge on any atom is -0.497 e. The zero-order valence-corrected chi connectivity index (χ0v) is 16.9. The molecule has 7 nitrogen and oxygen atoms in total. The maximum Gasteiger partial charge on any atom is 0.243 e. The normalized spacial score (nSPS) is 27.4. The van der Waals surface area contributed by atoms with Crippen molar-refractivity contribution in [3.8, 4) is 5.75 Å². The fraction of sp³-hybridized carbons (Fsp3) is 0.632. The number of nitrogens with two attached hydrogens (primary N) is 1. The zero-order chi connectivity index (χ0) is 19.7. The van der Waals surface area contributed by atoms with Crippen molar-refractivity contribution in [1.29, 1.82) is 0 Å². The van der Waals surface area contributed by atoms with E-state index in [4.69, 9.17) is 10.5 Å². The Kier molecular flexibility index (Phi) is 5.79. The van der Waals surface area contributed by atoms with Crippen LogP contribution in [0.15, 0.2) is 29.2 Å². The van der Waals surface area contributed by atoms with Gasteiger partial charge in [-0.05, 0) is 44.0 Å². The van der Waals surface area contributed by atoms with Crippen LogP contribution in [0.25, 0.3) is 0 Å². The Hall–Kier alpha value is -1.64. The number of sulfonamides is 1. The van der Waals surface area contributed by atoms with Gasteiger partial charge in [-0.3, -0.25) is 4.79 Å². The van der Waals surface area contributed by atoms with Gasteiger partial charge in [0, 0.05) is 31.7 Å². The first-order valence-corrected chi connectivity index (χ1v) is 10.9. The fourth-order valence-electron chi connectivity index (χ4n) is 4.03. The molecular formula is C19H29N3O4S. The van der Waals surface area contributed by atoms with E-state index in [1.807, 2.05) is 6.92 Å². The first-order valence-electron chi connectivity index (χ1n) is 9.47. The number of hydrogen-bond acceptors (Lipinski definition) is 5. The number of nitrogens with zero attached hydrogens (tertiary/aromatic N) is 2. The summed E-state index contributed by atoms with van der Waals surface area (Å²) in [5.41, 5.74) is 5.89. The SMILES string of the molecule is COc1ccc(S(=O)(=O)N2CCN(C(=O)C3CCCCC3(C)N)CC2)cc1. The van der Waals surface area contributed by atoms with E-state index < -0.39 is 15.6 Å². The average molecular weight is 396 g/mol. The van der Waals surface area contributed by atoms with Crippen molar-refractivity contribution in [2.24, 2.45) is 11.7 Å². The van der Waals surface area contributed by atoms with Gasteiger partial charge in [-0.2, -0.15) is 4.31 Å². The van der Waals surface area contributed by atoms with Crippen molar-refractivity contribution in [3.63, 3.8) is 0 Å². The molecule has 2 unspecified atom stereocenters. The average Bonchev–Trinajstić information content (AvgIpc) is 2.67. The van der Waals surface area contributed by atoms with Crippen LogP contribution in [0.2, 0.25) is 0 Å². The first-order chi connectivity index (χ1) is 12.8. The molecule has 1 aromatic carbocycles. The van der Waals surface area contributed by atoms with Crippen LogP contribution in [-0.2, 0) is 14.8 Å². The van der Waals surface area contributed by atoms with E-state index in [-0.39, 0.29) is 16.7 Å². The molecular weight excluding hydrogens is 366 g/mol. The molecule has 0 aromatic heterocycles. The fourth-order valence-corrected chi connectivity index (χ4v) is 5.45. The summed E-state index contributed by atoms with van der Waals surface area (Å²) in [4.78, 5) is 14.9. The minimum absolute atomic E-state index is 0.0706. The molecule has 0 bridgehead atoms. The van der Waals surface area contributed by atoms with Crippen molar-refractivity contribution >= 4 is 15.9 Å². The van der Waals surface area contributed by atoms with Gasteiger partial charge in [0.05, 0.1) is 17.9 Å². The number of carbonyl (C=O) groups excluding carboxylic acids is 1. The van der Waals surface area contributed by atoms with Crippen LogP contribution < -0.4 is 10.5 Å². The topological polar surface area (TPSA) is 92.9 Å². The van der Waals surface area contributed by atoms with Gasteiger partial charge in [-0.15, -0.1) is 0 Å². The second-order valence-electron chi connectivity index (χ2n) is 7.71. The lowest BCUT2D eigenvalue weighted by Crippen LogP contribution is -2.57. The Morgan fingerprint density at radius 2 is 1.78 bits per heavy atom. The zero-order valence-electron chi connectivity index (χ0n) is 16.1. The summed E-state index contributed by atoms with van der Waals surface area (Å²) >= 11 is 0. The van der Waals surface area contributed by atoms with Crippen LogP contribution in [0, 0.1) is 5.92 Å². The van der Waals surface area contributed by atoms with Crippen LogP contribution in [0.3, 0.4) is 0 Å². The van der Waals surface area contributed by atoms with E-state index in [2.05, 4.69) is 0 Å². The Balaban J connectivity index is 1.64. The monoisotopic (exact) mass is 395 g/mol. The summed E-state index contributed by atoms with van der Waals surface area (Å²) in [7, 11) is -2.03. The van der Waals surface area contributed by atoms with Crippen LogP contribution in [0.5, 0.6) is 5.75 Å². The second-order valence-corrected chi connectivity index (χ2v) is 9.65. The molecule has 1 aromatic rings. The molecule has 1 aliphatic heterocycles. The standard InChI is InChI=1S/C19H29N3O4S/c1-19(20)10-4-3-5-17(19)18(23)21-11-13-22(14-12-21)27(24,25)16-8-6-15(26-2)7-9-16/h6-9,17H,3-5,10-14,20H2,1-2H3. The Bertz CT molecular complexity index is 769. The highest BCUT2D eigenvalue weighted by atomic mass is 32.2. The van der Waals surface area contributed by atoms with Gasteiger partial charge in [-0.1, -0.05) is 12.8 Å². The van der Waals surface area contributed by atoms with Crippen LogP contribution >= 0.6 is 0 Å². The van der Waals surface area contributed by atoms with Crippen molar-refractivity contribution in [2.45, 2.75) is 43.0 Å². The number of carbonyl (C=O) groups is 1. The molecule has 1 saturated heterocycles. The highest BCUT2D eigenvalue weighted by molar-refractivity contribution is 7.89. The second kappa shape index (κ2) is 7.77. The van der Waals surface area contributed by atoms with Crippen LogP contribution in [0.4, 0.5) is 0 Å². The molecule has 1 aliphatic carbocycles. The van der Waals surface area contributed by atoms with Gasteiger partial charge < -0.3 is 15.4 Å². The summed E-state index contributed by atoms with van der Waals surface area (Å²) in [5.74, 6) is 0.513. The van der Waals surface area contributed by atoms with Gasteiger partial charge in [0.1, 0.15) is 5.75 Å². The predicted molar refractivity (Wildman–Crippen MR) is 103 cm³/mol. The number of piperazine rings is 1. The van der Waals surface area contributed by atoms with E-state index in [1.165, 1.54) is 4.31 Å². The van der Waals surface area contributed by atoms with E-state index in [0.717, 1.165) is 25.7 Å². The summed E-state index contributed by atoms with van der Waals surface area (Å²) in [6.07, 6.45) is 3.76. The third-order valence-electron chi connectivity index (χ3n) is 5.80. The predicted octanol–water partition coefficient (Wildman–Crippen LogP) is 1.44. The number of ether oxygens (including phenoxy) is 1. The Morgan fingerprint density at radius 1 is 1.15 bits per heavy atom. The molecule has 8 heteroatoms. The Morgan fingerprint density at radius 3 is 2.33 bits per heavy atom. The molecule has 2 fully saturated rings. The summed E-state index contributed by atoms with van der Waals surface area (Å²) in [5, 5.41) is 0. The Labute approximate surface area is 161 Å². The molecule has 1 heterocycles. The number of rotatable bonds is 4. The van der Waals surface area contributed by atoms with E-state index in [9.17, 15) is 13.2 Å². The quantitative estimate of drug-likeness (QED) is 0.833. The van der Waals surface area contributed by atoms with Gasteiger partial charge in [-0.25, -0.2) is 8.42 Å². The molecule has 1 saturated carbocycles. The minimum atomic E-state index is -3.57. The summed E-state index contributed by atoms with van der Waals surface area (Å²) in [6.45, 7) is 3.36. The maximum absolute atomic E-state index is 12.9. The van der Waals surface area contributed by atoms with E-state index in [1.54, 1.807) is 36.3 Å².